The van der Waals surface area contributed by atoms with Crippen LogP contribution in [0.1, 0.15) is 17.0 Å². The lowest BCUT2D eigenvalue weighted by Crippen LogP contribution is -2.43. The van der Waals surface area contributed by atoms with Crippen molar-refractivity contribution in [3.8, 4) is 11.8 Å². The number of pyridine rings is 1. The summed E-state index contributed by atoms with van der Waals surface area (Å²) in [7, 11) is 0. The summed E-state index contributed by atoms with van der Waals surface area (Å²) in [6.07, 6.45) is 0. The van der Waals surface area contributed by atoms with Gasteiger partial charge in [-0.3, -0.25) is 0 Å². The highest BCUT2D eigenvalue weighted by Crippen LogP contribution is 2.18. The van der Waals surface area contributed by atoms with E-state index in [1.54, 1.807) is 12.1 Å². The molecule has 1 saturated heterocycles. The normalized spacial score (nSPS) is 14.4. The number of aryl methyl sites for hydroxylation is 1. The Morgan fingerprint density at radius 2 is 1.95 bits per heavy atom. The molecule has 22 heavy (non-hydrogen) atoms. The Bertz CT molecular complexity index is 725. The fraction of sp³-hybridized carbons (Fsp3) is 0.278. The summed E-state index contributed by atoms with van der Waals surface area (Å²) < 4.78 is 13.1. The summed E-state index contributed by atoms with van der Waals surface area (Å²) in [5, 5.41) is 3.34. The van der Waals surface area contributed by atoms with Crippen molar-refractivity contribution >= 4 is 5.69 Å². The predicted octanol–water partition coefficient (Wildman–Crippen LogP) is 2.34. The Balaban J connectivity index is 1.80. The van der Waals surface area contributed by atoms with E-state index < -0.39 is 0 Å². The van der Waals surface area contributed by atoms with Crippen molar-refractivity contribution in [1.29, 1.82) is 0 Å². The van der Waals surface area contributed by atoms with Crippen molar-refractivity contribution in [2.45, 2.75) is 6.92 Å². The van der Waals surface area contributed by atoms with Gasteiger partial charge in [0.05, 0.1) is 11.4 Å². The minimum atomic E-state index is -0.273. The molecule has 0 aliphatic carbocycles. The fourth-order valence-electron chi connectivity index (χ4n) is 2.57. The maximum atomic E-state index is 13.1. The summed E-state index contributed by atoms with van der Waals surface area (Å²) in [6.45, 7) is 6.00. The highest BCUT2D eigenvalue weighted by atomic mass is 19.1. The summed E-state index contributed by atoms with van der Waals surface area (Å²) >= 11 is 0. The van der Waals surface area contributed by atoms with Crippen molar-refractivity contribution in [3.05, 3.63) is 59.2 Å². The number of hydrogen-bond acceptors (Lipinski definition) is 3. The van der Waals surface area contributed by atoms with E-state index in [9.17, 15) is 4.39 Å². The summed E-state index contributed by atoms with van der Waals surface area (Å²) in [4.78, 5) is 6.89. The van der Waals surface area contributed by atoms with Gasteiger partial charge in [-0.25, -0.2) is 9.37 Å². The van der Waals surface area contributed by atoms with Crippen LogP contribution < -0.4 is 10.2 Å². The molecule has 0 bridgehead atoms. The number of nitrogens with zero attached hydrogens (tertiary/aromatic N) is 2. The molecule has 0 spiro atoms. The maximum absolute atomic E-state index is 13.1. The van der Waals surface area contributed by atoms with Gasteiger partial charge in [0.1, 0.15) is 11.5 Å². The van der Waals surface area contributed by atoms with Crippen LogP contribution >= 0.6 is 0 Å². The van der Waals surface area contributed by atoms with Crippen molar-refractivity contribution in [2.75, 3.05) is 31.1 Å². The molecule has 0 atom stereocenters. The number of halogens is 1. The Kier molecular flexibility index (Phi) is 4.36. The third kappa shape index (κ3) is 3.44. The van der Waals surface area contributed by atoms with E-state index >= 15 is 0 Å². The molecule has 0 radical (unpaired) electrons. The fourth-order valence-corrected chi connectivity index (χ4v) is 2.57. The molecule has 1 aromatic heterocycles. The van der Waals surface area contributed by atoms with E-state index in [-0.39, 0.29) is 5.82 Å². The average molecular weight is 295 g/mol. The molecule has 0 amide bonds. The predicted molar refractivity (Wildman–Crippen MR) is 86.4 cm³/mol. The second kappa shape index (κ2) is 6.59. The number of rotatable bonds is 1. The van der Waals surface area contributed by atoms with E-state index in [0.29, 0.717) is 11.3 Å². The van der Waals surface area contributed by atoms with Crippen LogP contribution in [0.15, 0.2) is 36.4 Å². The lowest BCUT2D eigenvalue weighted by Gasteiger charge is -2.30. The van der Waals surface area contributed by atoms with E-state index in [1.807, 2.05) is 13.0 Å². The van der Waals surface area contributed by atoms with Gasteiger partial charge in [0.15, 0.2) is 0 Å². The first-order valence-corrected chi connectivity index (χ1v) is 7.43. The molecule has 0 saturated carbocycles. The van der Waals surface area contributed by atoms with Gasteiger partial charge in [0, 0.05) is 31.7 Å². The lowest BCUT2D eigenvalue weighted by molar-refractivity contribution is 0.587. The second-order valence-electron chi connectivity index (χ2n) is 5.30. The number of nitrogens with one attached hydrogen (secondary N) is 1. The van der Waals surface area contributed by atoms with Crippen LogP contribution in [0.5, 0.6) is 0 Å². The zero-order chi connectivity index (χ0) is 15.4. The Labute approximate surface area is 130 Å². The molecular formula is C18H18FN3. The number of anilines is 1. The molecule has 2 aromatic rings. The summed E-state index contributed by atoms with van der Waals surface area (Å²) in [5.41, 5.74) is 3.51. The van der Waals surface area contributed by atoms with Gasteiger partial charge in [-0.15, -0.1) is 0 Å². The third-order valence-corrected chi connectivity index (χ3v) is 3.68. The van der Waals surface area contributed by atoms with Gasteiger partial charge in [0.2, 0.25) is 0 Å². The van der Waals surface area contributed by atoms with Crippen LogP contribution in [0, 0.1) is 24.6 Å². The van der Waals surface area contributed by atoms with E-state index in [4.69, 9.17) is 0 Å². The Hall–Kier alpha value is -2.38. The minimum absolute atomic E-state index is 0.273. The van der Waals surface area contributed by atoms with Crippen LogP contribution in [-0.2, 0) is 0 Å². The van der Waals surface area contributed by atoms with Crippen LogP contribution in [-0.4, -0.2) is 31.2 Å². The molecule has 1 aliphatic rings. The van der Waals surface area contributed by atoms with Crippen LogP contribution in [0.25, 0.3) is 0 Å². The first-order chi connectivity index (χ1) is 10.7. The molecule has 1 aromatic carbocycles. The number of hydrogen-bond donors (Lipinski definition) is 1. The quantitative estimate of drug-likeness (QED) is 0.819. The standard InChI is InChI=1S/C18H18FN3/c1-14-18(22-11-9-20-10-12-22)8-7-17(21-14)6-5-15-3-2-4-16(19)13-15/h2-4,7-8,13,20H,9-12H2,1H3. The van der Waals surface area contributed by atoms with E-state index in [1.165, 1.54) is 12.1 Å². The van der Waals surface area contributed by atoms with Crippen LogP contribution in [0.2, 0.25) is 0 Å². The lowest BCUT2D eigenvalue weighted by atomic mass is 10.2. The average Bonchev–Trinajstić information content (AvgIpc) is 2.54. The molecule has 1 fully saturated rings. The molecule has 1 aliphatic heterocycles. The van der Waals surface area contributed by atoms with Crippen molar-refractivity contribution in [1.82, 2.24) is 10.3 Å². The number of piperazine rings is 1. The minimum Gasteiger partial charge on any atom is -0.368 e. The molecule has 0 unspecified atom stereocenters. The first-order valence-electron chi connectivity index (χ1n) is 7.43. The van der Waals surface area contributed by atoms with Gasteiger partial charge < -0.3 is 10.2 Å². The molecule has 3 nitrogen and oxygen atoms in total. The van der Waals surface area contributed by atoms with Crippen molar-refractivity contribution in [2.24, 2.45) is 0 Å². The Morgan fingerprint density at radius 1 is 1.14 bits per heavy atom. The smallest absolute Gasteiger partial charge is 0.124 e. The van der Waals surface area contributed by atoms with Gasteiger partial charge in [0.25, 0.3) is 0 Å². The first kappa shape index (κ1) is 14.6. The number of aromatic nitrogens is 1. The molecule has 3 rings (SSSR count). The van der Waals surface area contributed by atoms with Gasteiger partial charge in [-0.05, 0) is 43.2 Å². The second-order valence-corrected chi connectivity index (χ2v) is 5.30. The molecular weight excluding hydrogens is 277 g/mol. The van der Waals surface area contributed by atoms with Gasteiger partial charge in [-0.2, -0.15) is 0 Å². The SMILES string of the molecule is Cc1nc(C#Cc2cccc(F)c2)ccc1N1CCNCC1. The van der Waals surface area contributed by atoms with Crippen molar-refractivity contribution < 1.29 is 4.39 Å². The molecule has 4 heteroatoms. The molecule has 2 heterocycles. The van der Waals surface area contributed by atoms with Gasteiger partial charge in [-0.1, -0.05) is 12.0 Å². The zero-order valence-corrected chi connectivity index (χ0v) is 12.6. The largest absolute Gasteiger partial charge is 0.368 e. The van der Waals surface area contributed by atoms with Crippen LogP contribution in [0.4, 0.5) is 10.1 Å². The Morgan fingerprint density at radius 3 is 2.68 bits per heavy atom. The number of benzene rings is 1. The molecule has 112 valence electrons. The van der Waals surface area contributed by atoms with E-state index in [2.05, 4.69) is 33.1 Å². The summed E-state index contributed by atoms with van der Waals surface area (Å²) in [6, 6.07) is 10.3. The maximum Gasteiger partial charge on any atom is 0.124 e. The third-order valence-electron chi connectivity index (χ3n) is 3.68. The highest BCUT2D eigenvalue weighted by Gasteiger charge is 2.13. The monoisotopic (exact) mass is 295 g/mol. The van der Waals surface area contributed by atoms with E-state index in [0.717, 1.165) is 37.6 Å². The topological polar surface area (TPSA) is 28.2 Å². The summed E-state index contributed by atoms with van der Waals surface area (Å²) in [5.74, 6) is 5.68. The van der Waals surface area contributed by atoms with Gasteiger partial charge >= 0.3 is 0 Å². The van der Waals surface area contributed by atoms with Crippen LogP contribution in [0.3, 0.4) is 0 Å². The zero-order valence-electron chi connectivity index (χ0n) is 12.6. The van der Waals surface area contributed by atoms with Crippen molar-refractivity contribution in [3.63, 3.8) is 0 Å². The molecule has 1 N–H and O–H groups in total. The highest BCUT2D eigenvalue weighted by molar-refractivity contribution is 5.53.